The summed E-state index contributed by atoms with van der Waals surface area (Å²) in [6.45, 7) is 0.434. The summed E-state index contributed by atoms with van der Waals surface area (Å²) in [6, 6.07) is 7.90. The number of nitrogens with two attached hydrogens (primary N) is 2. The highest BCUT2D eigenvalue weighted by Gasteiger charge is 2.18. The number of hydrogen-bond donors (Lipinski definition) is 3. The van der Waals surface area contributed by atoms with E-state index in [1.807, 2.05) is 6.07 Å². The smallest absolute Gasteiger partial charge is 0.251 e. The van der Waals surface area contributed by atoms with Crippen LogP contribution in [-0.2, 0) is 4.79 Å². The minimum absolute atomic E-state index is 0.171. The Morgan fingerprint density at radius 3 is 2.48 bits per heavy atom. The number of halogens is 1. The molecule has 114 valence electrons. The highest BCUT2D eigenvalue weighted by molar-refractivity contribution is 6.27. The van der Waals surface area contributed by atoms with Gasteiger partial charge in [-0.05, 0) is 25.0 Å². The van der Waals surface area contributed by atoms with Crippen molar-refractivity contribution in [1.29, 1.82) is 0 Å². The number of amides is 2. The highest BCUT2D eigenvalue weighted by atomic mass is 35.5. The summed E-state index contributed by atoms with van der Waals surface area (Å²) >= 11 is 5.49. The molecule has 0 saturated heterocycles. The summed E-state index contributed by atoms with van der Waals surface area (Å²) in [5, 5.41) is 2.62. The van der Waals surface area contributed by atoms with Crippen molar-refractivity contribution < 1.29 is 9.59 Å². The van der Waals surface area contributed by atoms with Gasteiger partial charge in [-0.2, -0.15) is 0 Å². The minimum atomic E-state index is -0.731. The van der Waals surface area contributed by atoms with Gasteiger partial charge in [0.25, 0.3) is 5.91 Å². The first-order valence-electron chi connectivity index (χ1n) is 6.54. The van der Waals surface area contributed by atoms with Crippen LogP contribution < -0.4 is 16.8 Å². The third-order valence-corrected chi connectivity index (χ3v) is 3.06. The van der Waals surface area contributed by atoms with Gasteiger partial charge in [-0.25, -0.2) is 0 Å². The van der Waals surface area contributed by atoms with Crippen LogP contribution in [0, 0.1) is 0 Å². The van der Waals surface area contributed by atoms with Crippen LogP contribution in [0.1, 0.15) is 23.2 Å². The van der Waals surface area contributed by atoms with Crippen molar-refractivity contribution in [3.63, 3.8) is 0 Å². The minimum Gasteiger partial charge on any atom is -0.386 e. The number of hydrogen-bond acceptors (Lipinski definition) is 3. The zero-order valence-corrected chi connectivity index (χ0v) is 12.3. The van der Waals surface area contributed by atoms with E-state index in [4.69, 9.17) is 23.1 Å². The maximum absolute atomic E-state index is 12.0. The van der Waals surface area contributed by atoms with E-state index in [9.17, 15) is 9.59 Å². The van der Waals surface area contributed by atoms with E-state index in [0.29, 0.717) is 30.8 Å². The third kappa shape index (κ3) is 6.27. The lowest BCUT2D eigenvalue weighted by molar-refractivity contribution is -0.120. The second kappa shape index (κ2) is 8.97. The fourth-order valence-electron chi connectivity index (χ4n) is 1.68. The van der Waals surface area contributed by atoms with Crippen molar-refractivity contribution in [3.05, 3.63) is 35.9 Å². The molecule has 0 aliphatic heterocycles. The third-order valence-electron chi connectivity index (χ3n) is 2.79. The van der Waals surface area contributed by atoms with Crippen LogP contribution in [0.15, 0.2) is 35.3 Å². The van der Waals surface area contributed by atoms with Crippen LogP contribution in [0.3, 0.4) is 0 Å². The Kier molecular flexibility index (Phi) is 7.25. The summed E-state index contributed by atoms with van der Waals surface area (Å²) < 4.78 is 0. The maximum Gasteiger partial charge on any atom is 0.251 e. The number of nitrogens with zero attached hydrogens (tertiary/aromatic N) is 1. The lowest BCUT2D eigenvalue weighted by atomic mass is 10.1. The van der Waals surface area contributed by atoms with E-state index in [0.717, 1.165) is 0 Å². The zero-order valence-electron chi connectivity index (χ0n) is 11.6. The van der Waals surface area contributed by atoms with Crippen LogP contribution in [0.5, 0.6) is 0 Å². The van der Waals surface area contributed by atoms with Crippen LogP contribution in [0.2, 0.25) is 0 Å². The zero-order chi connectivity index (χ0) is 15.7. The van der Waals surface area contributed by atoms with Gasteiger partial charge in [-0.15, -0.1) is 11.6 Å². The Morgan fingerprint density at radius 2 is 1.90 bits per heavy atom. The molecule has 0 unspecified atom stereocenters. The first-order chi connectivity index (χ1) is 10.0. The van der Waals surface area contributed by atoms with Gasteiger partial charge in [0.1, 0.15) is 11.9 Å². The molecule has 21 heavy (non-hydrogen) atoms. The second-order valence-corrected chi connectivity index (χ2v) is 4.71. The number of amidine groups is 1. The van der Waals surface area contributed by atoms with Crippen molar-refractivity contribution in [3.8, 4) is 0 Å². The van der Waals surface area contributed by atoms with Crippen molar-refractivity contribution in [2.24, 2.45) is 16.5 Å². The lowest BCUT2D eigenvalue weighted by Crippen LogP contribution is -2.44. The molecule has 0 bridgehead atoms. The van der Waals surface area contributed by atoms with Gasteiger partial charge in [0, 0.05) is 12.1 Å². The number of alkyl halides is 1. The van der Waals surface area contributed by atoms with E-state index in [-0.39, 0.29) is 11.8 Å². The molecule has 2 amide bonds. The summed E-state index contributed by atoms with van der Waals surface area (Å²) in [7, 11) is 0. The summed E-state index contributed by atoms with van der Waals surface area (Å²) in [6.07, 6.45) is 0.966. The molecule has 0 spiro atoms. The molecule has 0 aromatic heterocycles. The standard InChI is InChI=1S/C14H19ClN4O2/c15-9-12(16)18-8-4-7-11(13(17)20)19-14(21)10-5-2-1-3-6-10/h1-3,5-6,11H,4,7-9H2,(H2,16,18)(H2,17,20)(H,19,21)/t11-/m1/s1. The largest absolute Gasteiger partial charge is 0.386 e. The number of carbonyl (C=O) groups is 2. The number of carbonyl (C=O) groups excluding carboxylic acids is 2. The Balaban J connectivity index is 2.51. The van der Waals surface area contributed by atoms with Crippen LogP contribution in [0.25, 0.3) is 0 Å². The fraction of sp³-hybridized carbons (Fsp3) is 0.357. The molecule has 6 nitrogen and oxygen atoms in total. The van der Waals surface area contributed by atoms with Crippen molar-refractivity contribution in [2.75, 3.05) is 12.4 Å². The first-order valence-corrected chi connectivity index (χ1v) is 7.08. The normalized spacial score (nSPS) is 12.7. The maximum atomic E-state index is 12.0. The van der Waals surface area contributed by atoms with E-state index in [1.54, 1.807) is 24.3 Å². The Labute approximate surface area is 128 Å². The summed E-state index contributed by atoms with van der Waals surface area (Å²) in [5.74, 6) is -0.387. The molecule has 1 atom stereocenters. The van der Waals surface area contributed by atoms with Crippen molar-refractivity contribution >= 4 is 29.3 Å². The lowest BCUT2D eigenvalue weighted by Gasteiger charge is -2.15. The van der Waals surface area contributed by atoms with E-state index < -0.39 is 11.9 Å². The van der Waals surface area contributed by atoms with Crippen molar-refractivity contribution in [2.45, 2.75) is 18.9 Å². The average Bonchev–Trinajstić information content (AvgIpc) is 2.50. The molecule has 1 aromatic carbocycles. The highest BCUT2D eigenvalue weighted by Crippen LogP contribution is 2.02. The molecule has 7 heteroatoms. The van der Waals surface area contributed by atoms with Gasteiger partial charge in [0.15, 0.2) is 0 Å². The molecule has 0 saturated carbocycles. The Morgan fingerprint density at radius 1 is 1.24 bits per heavy atom. The predicted octanol–water partition coefficient (Wildman–Crippen LogP) is 0.647. The molecule has 0 fully saturated rings. The molecular formula is C14H19ClN4O2. The topological polar surface area (TPSA) is 111 Å². The Hall–Kier alpha value is -2.08. The molecular weight excluding hydrogens is 292 g/mol. The van der Waals surface area contributed by atoms with Crippen LogP contribution in [0.4, 0.5) is 0 Å². The fourth-order valence-corrected chi connectivity index (χ4v) is 1.76. The molecule has 0 aliphatic carbocycles. The van der Waals surface area contributed by atoms with Crippen LogP contribution >= 0.6 is 11.6 Å². The molecule has 0 aliphatic rings. The van der Waals surface area contributed by atoms with E-state index >= 15 is 0 Å². The van der Waals surface area contributed by atoms with Crippen molar-refractivity contribution in [1.82, 2.24) is 5.32 Å². The monoisotopic (exact) mass is 310 g/mol. The van der Waals surface area contributed by atoms with Gasteiger partial charge >= 0.3 is 0 Å². The van der Waals surface area contributed by atoms with Gasteiger partial charge in [-0.3, -0.25) is 14.6 Å². The number of aliphatic imine (C=N–C) groups is 1. The Bertz CT molecular complexity index is 505. The van der Waals surface area contributed by atoms with Gasteiger partial charge in [-0.1, -0.05) is 18.2 Å². The summed E-state index contributed by atoms with van der Waals surface area (Å²) in [4.78, 5) is 27.3. The first kappa shape index (κ1) is 17.0. The quantitative estimate of drug-likeness (QED) is 0.284. The summed E-state index contributed by atoms with van der Waals surface area (Å²) in [5.41, 5.74) is 11.2. The number of rotatable bonds is 8. The SMILES string of the molecule is NC(=O)[C@@H](CCCN=C(N)CCl)NC(=O)c1ccccc1. The molecule has 5 N–H and O–H groups in total. The second-order valence-electron chi connectivity index (χ2n) is 4.44. The van der Waals surface area contributed by atoms with E-state index in [1.165, 1.54) is 0 Å². The van der Waals surface area contributed by atoms with Gasteiger partial charge < -0.3 is 16.8 Å². The molecule has 0 radical (unpaired) electrons. The number of benzene rings is 1. The van der Waals surface area contributed by atoms with Crippen LogP contribution in [-0.4, -0.2) is 36.1 Å². The van der Waals surface area contributed by atoms with Gasteiger partial charge in [0.2, 0.25) is 5.91 Å². The molecule has 1 rings (SSSR count). The molecule has 0 heterocycles. The number of primary amides is 1. The molecule has 1 aromatic rings. The average molecular weight is 311 g/mol. The van der Waals surface area contributed by atoms with E-state index in [2.05, 4.69) is 10.3 Å². The predicted molar refractivity (Wildman–Crippen MR) is 83.3 cm³/mol. The number of nitrogens with one attached hydrogen (secondary N) is 1. The van der Waals surface area contributed by atoms with Gasteiger partial charge in [0.05, 0.1) is 5.88 Å².